The lowest BCUT2D eigenvalue weighted by molar-refractivity contribution is -0.144. The number of amides is 2. The molecule has 24 heavy (non-hydrogen) atoms. The van der Waals surface area contributed by atoms with Gasteiger partial charge < -0.3 is 14.5 Å². The monoisotopic (exact) mass is 350 g/mol. The highest BCUT2D eigenvalue weighted by Crippen LogP contribution is 2.14. The average Bonchev–Trinajstić information content (AvgIpc) is 2.61. The van der Waals surface area contributed by atoms with Crippen LogP contribution in [0.15, 0.2) is 36.9 Å². The number of rotatable bonds is 6. The summed E-state index contributed by atoms with van der Waals surface area (Å²) in [5.74, 6) is -0.0632. The van der Waals surface area contributed by atoms with Gasteiger partial charge in [-0.3, -0.25) is 9.59 Å². The summed E-state index contributed by atoms with van der Waals surface area (Å²) < 4.78 is 5.50. The molecule has 130 valence electrons. The normalized spacial score (nSPS) is 15.9. The van der Waals surface area contributed by atoms with Crippen LogP contribution in [0.4, 0.5) is 0 Å². The lowest BCUT2D eigenvalue weighted by Crippen LogP contribution is -2.52. The summed E-state index contributed by atoms with van der Waals surface area (Å²) in [5, 5.41) is 0.604. The molecular weight excluding hydrogens is 328 g/mol. The van der Waals surface area contributed by atoms with E-state index in [1.165, 1.54) is 0 Å². The molecule has 1 aromatic carbocycles. The zero-order valence-electron chi connectivity index (χ0n) is 13.9. The average molecular weight is 351 g/mol. The zero-order valence-corrected chi connectivity index (χ0v) is 14.7. The van der Waals surface area contributed by atoms with Crippen LogP contribution in [0, 0.1) is 0 Å². The summed E-state index contributed by atoms with van der Waals surface area (Å²) in [6, 6.07) is 6.85. The smallest absolute Gasteiger partial charge is 0.253 e. The molecule has 1 fully saturated rings. The first-order valence-electron chi connectivity index (χ1n) is 8.09. The minimum absolute atomic E-state index is 0.0299. The first kappa shape index (κ1) is 18.5. The van der Waals surface area contributed by atoms with E-state index in [0.29, 0.717) is 43.4 Å². The van der Waals surface area contributed by atoms with Crippen LogP contribution in [0.3, 0.4) is 0 Å². The number of ether oxygens (including phenoxy) is 1. The molecule has 0 saturated carbocycles. The van der Waals surface area contributed by atoms with Crippen molar-refractivity contribution >= 4 is 23.4 Å². The van der Waals surface area contributed by atoms with Crippen LogP contribution >= 0.6 is 11.6 Å². The molecule has 6 heteroatoms. The third kappa shape index (κ3) is 4.82. The van der Waals surface area contributed by atoms with Crippen LogP contribution in [-0.4, -0.2) is 60.5 Å². The molecule has 2 amide bonds. The molecule has 5 nitrogen and oxygen atoms in total. The van der Waals surface area contributed by atoms with E-state index in [4.69, 9.17) is 16.3 Å². The Balaban J connectivity index is 1.84. The van der Waals surface area contributed by atoms with E-state index in [0.717, 1.165) is 6.42 Å². The van der Waals surface area contributed by atoms with Crippen molar-refractivity contribution in [3.05, 3.63) is 47.5 Å². The van der Waals surface area contributed by atoms with Gasteiger partial charge in [0, 0.05) is 36.8 Å². The van der Waals surface area contributed by atoms with E-state index in [2.05, 4.69) is 6.58 Å². The van der Waals surface area contributed by atoms with Crippen molar-refractivity contribution in [3.63, 3.8) is 0 Å². The van der Waals surface area contributed by atoms with Gasteiger partial charge in [-0.2, -0.15) is 0 Å². The standard InChI is InChI=1S/C18H23ClN2O3/c1-3-4-13-24-14(2)17(22)20-9-11-21(12-10-20)18(23)15-5-7-16(19)8-6-15/h3,5-8,14H,1,4,9-13H2,2H3. The second-order valence-corrected chi connectivity index (χ2v) is 6.15. The highest BCUT2D eigenvalue weighted by Gasteiger charge is 2.27. The molecule has 0 aliphatic carbocycles. The van der Waals surface area contributed by atoms with Gasteiger partial charge in [0.15, 0.2) is 0 Å². The maximum atomic E-state index is 12.4. The fraction of sp³-hybridized carbons (Fsp3) is 0.444. The second-order valence-electron chi connectivity index (χ2n) is 5.71. The Kier molecular flexibility index (Phi) is 6.82. The molecule has 1 aromatic rings. The Morgan fingerprint density at radius 3 is 2.38 bits per heavy atom. The molecule has 1 heterocycles. The van der Waals surface area contributed by atoms with Gasteiger partial charge in [0.1, 0.15) is 6.10 Å². The number of hydrogen-bond donors (Lipinski definition) is 0. The zero-order chi connectivity index (χ0) is 17.5. The van der Waals surface area contributed by atoms with Crippen molar-refractivity contribution in [1.82, 2.24) is 9.80 Å². The van der Waals surface area contributed by atoms with Gasteiger partial charge in [-0.05, 0) is 37.6 Å². The number of piperazine rings is 1. The largest absolute Gasteiger partial charge is 0.368 e. The fourth-order valence-electron chi connectivity index (χ4n) is 2.56. The number of halogens is 1. The summed E-state index contributed by atoms with van der Waals surface area (Å²) in [6.07, 6.45) is 2.02. The van der Waals surface area contributed by atoms with Crippen LogP contribution in [0.1, 0.15) is 23.7 Å². The molecule has 0 spiro atoms. The van der Waals surface area contributed by atoms with Crippen molar-refractivity contribution in [2.75, 3.05) is 32.8 Å². The highest BCUT2D eigenvalue weighted by molar-refractivity contribution is 6.30. The fourth-order valence-corrected chi connectivity index (χ4v) is 2.69. The van der Waals surface area contributed by atoms with Crippen molar-refractivity contribution in [3.8, 4) is 0 Å². The van der Waals surface area contributed by atoms with E-state index >= 15 is 0 Å². The lowest BCUT2D eigenvalue weighted by atomic mass is 10.1. The maximum Gasteiger partial charge on any atom is 0.253 e. The van der Waals surface area contributed by atoms with Crippen molar-refractivity contribution in [2.45, 2.75) is 19.4 Å². The number of carbonyl (C=O) groups excluding carboxylic acids is 2. The Bertz CT molecular complexity index is 580. The number of benzene rings is 1. The molecular formula is C18H23ClN2O3. The third-order valence-corrected chi connectivity index (χ3v) is 4.26. The first-order valence-corrected chi connectivity index (χ1v) is 8.47. The molecule has 0 bridgehead atoms. The van der Waals surface area contributed by atoms with Gasteiger partial charge in [-0.15, -0.1) is 6.58 Å². The first-order chi connectivity index (χ1) is 11.5. The Hall–Kier alpha value is -1.85. The van der Waals surface area contributed by atoms with E-state index in [-0.39, 0.29) is 11.8 Å². The number of hydrogen-bond acceptors (Lipinski definition) is 3. The summed E-state index contributed by atoms with van der Waals surface area (Å²) in [5.41, 5.74) is 0.611. The SMILES string of the molecule is C=CCCOC(C)C(=O)N1CCN(C(=O)c2ccc(Cl)cc2)CC1. The number of nitrogens with zero attached hydrogens (tertiary/aromatic N) is 2. The van der Waals surface area contributed by atoms with E-state index < -0.39 is 6.10 Å². The summed E-state index contributed by atoms with van der Waals surface area (Å²) in [6.45, 7) is 7.96. The number of carbonyl (C=O) groups is 2. The summed E-state index contributed by atoms with van der Waals surface area (Å²) in [7, 11) is 0. The minimum atomic E-state index is -0.469. The molecule has 0 radical (unpaired) electrons. The summed E-state index contributed by atoms with van der Waals surface area (Å²) >= 11 is 5.84. The van der Waals surface area contributed by atoms with Crippen LogP contribution < -0.4 is 0 Å². The van der Waals surface area contributed by atoms with E-state index in [1.54, 1.807) is 47.1 Å². The molecule has 1 aliphatic heterocycles. The Morgan fingerprint density at radius 1 is 1.21 bits per heavy atom. The van der Waals surface area contributed by atoms with E-state index in [9.17, 15) is 9.59 Å². The van der Waals surface area contributed by atoms with Gasteiger partial charge >= 0.3 is 0 Å². The van der Waals surface area contributed by atoms with Gasteiger partial charge in [-0.25, -0.2) is 0 Å². The van der Waals surface area contributed by atoms with Crippen LogP contribution in [-0.2, 0) is 9.53 Å². The molecule has 0 N–H and O–H groups in total. The second kappa shape index (κ2) is 8.85. The van der Waals surface area contributed by atoms with Crippen molar-refractivity contribution < 1.29 is 14.3 Å². The lowest BCUT2D eigenvalue weighted by Gasteiger charge is -2.36. The molecule has 1 unspecified atom stereocenters. The van der Waals surface area contributed by atoms with Gasteiger partial charge in [0.25, 0.3) is 11.8 Å². The van der Waals surface area contributed by atoms with Crippen molar-refractivity contribution in [1.29, 1.82) is 0 Å². The maximum absolute atomic E-state index is 12.4. The van der Waals surface area contributed by atoms with E-state index in [1.807, 2.05) is 0 Å². The third-order valence-electron chi connectivity index (χ3n) is 4.01. The quantitative estimate of drug-likeness (QED) is 0.585. The molecule has 1 atom stereocenters. The molecule has 1 saturated heterocycles. The molecule has 1 aliphatic rings. The van der Waals surface area contributed by atoms with Crippen LogP contribution in [0.25, 0.3) is 0 Å². The van der Waals surface area contributed by atoms with Crippen molar-refractivity contribution in [2.24, 2.45) is 0 Å². The van der Waals surface area contributed by atoms with Gasteiger partial charge in [0.2, 0.25) is 0 Å². The van der Waals surface area contributed by atoms with Gasteiger partial charge in [-0.1, -0.05) is 17.7 Å². The Labute approximate surface area is 147 Å². The van der Waals surface area contributed by atoms with Crippen LogP contribution in [0.5, 0.6) is 0 Å². The topological polar surface area (TPSA) is 49.9 Å². The van der Waals surface area contributed by atoms with Crippen LogP contribution in [0.2, 0.25) is 5.02 Å². The van der Waals surface area contributed by atoms with Gasteiger partial charge in [0.05, 0.1) is 6.61 Å². The summed E-state index contributed by atoms with van der Waals surface area (Å²) in [4.78, 5) is 28.3. The molecule has 2 rings (SSSR count). The predicted octanol–water partition coefficient (Wildman–Crippen LogP) is 2.61. The predicted molar refractivity (Wildman–Crippen MR) is 94.2 cm³/mol. The minimum Gasteiger partial charge on any atom is -0.368 e. The highest BCUT2D eigenvalue weighted by atomic mass is 35.5. The molecule has 0 aromatic heterocycles. The Morgan fingerprint density at radius 2 is 1.79 bits per heavy atom.